The van der Waals surface area contributed by atoms with E-state index in [1.165, 1.54) is 68.8 Å². The molecule has 156 valence electrons. The molecule has 1 fully saturated rings. The molecule has 0 unspecified atom stereocenters. The molecule has 1 aliphatic heterocycles. The fraction of sp³-hybridized carbons (Fsp3) is 0.520. The summed E-state index contributed by atoms with van der Waals surface area (Å²) in [6, 6.07) is 18.0. The number of fused-ring (bicyclic) bond motifs is 1. The van der Waals surface area contributed by atoms with E-state index in [4.69, 9.17) is 5.73 Å². The first-order valence-electron chi connectivity index (χ1n) is 11.4. The van der Waals surface area contributed by atoms with Crippen LogP contribution in [0.3, 0.4) is 0 Å². The smallest absolute Gasteiger partial charge is 0.0367 e. The Morgan fingerprint density at radius 3 is 2.52 bits per heavy atom. The first-order valence-corrected chi connectivity index (χ1v) is 11.4. The topological polar surface area (TPSA) is 35.7 Å². The van der Waals surface area contributed by atoms with Crippen LogP contribution in [0.15, 0.2) is 48.5 Å². The van der Waals surface area contributed by atoms with Crippen molar-refractivity contribution in [3.8, 4) is 0 Å². The highest BCUT2D eigenvalue weighted by Crippen LogP contribution is 2.26. The Balaban J connectivity index is 1.29. The van der Waals surface area contributed by atoms with Crippen LogP contribution in [0.4, 0.5) is 11.4 Å². The van der Waals surface area contributed by atoms with Crippen molar-refractivity contribution in [2.45, 2.75) is 38.6 Å². The van der Waals surface area contributed by atoms with Crippen molar-refractivity contribution in [1.82, 2.24) is 9.80 Å². The Labute approximate surface area is 176 Å². The molecule has 0 saturated carbocycles. The van der Waals surface area contributed by atoms with Crippen LogP contribution in [-0.2, 0) is 12.8 Å². The Kier molecular flexibility index (Phi) is 6.73. The van der Waals surface area contributed by atoms with Crippen LogP contribution < -0.4 is 10.6 Å². The number of nitrogens with two attached hydrogens (primary N) is 1. The SMILES string of the molecule is CCCN(CCN1CCN(c2ccccc2)CC1)[C@H]1CCc2ccc(N)cc2C1. The molecule has 2 aromatic carbocycles. The molecular weight excluding hydrogens is 356 g/mol. The maximum atomic E-state index is 6.05. The van der Waals surface area contributed by atoms with Crippen molar-refractivity contribution in [1.29, 1.82) is 0 Å². The summed E-state index contributed by atoms with van der Waals surface area (Å²) in [4.78, 5) is 7.91. The van der Waals surface area contributed by atoms with E-state index in [0.717, 1.165) is 25.2 Å². The Bertz CT molecular complexity index is 768. The number of rotatable bonds is 7. The molecule has 1 heterocycles. The van der Waals surface area contributed by atoms with E-state index in [1.807, 2.05) is 0 Å². The number of hydrogen-bond donors (Lipinski definition) is 1. The molecule has 0 amide bonds. The van der Waals surface area contributed by atoms with E-state index in [2.05, 4.69) is 70.2 Å². The molecule has 0 spiro atoms. The Morgan fingerprint density at radius 2 is 1.76 bits per heavy atom. The number of benzene rings is 2. The van der Waals surface area contributed by atoms with Crippen molar-refractivity contribution in [3.05, 3.63) is 59.7 Å². The van der Waals surface area contributed by atoms with E-state index in [9.17, 15) is 0 Å². The second-order valence-corrected chi connectivity index (χ2v) is 8.62. The lowest BCUT2D eigenvalue weighted by molar-refractivity contribution is 0.145. The average molecular weight is 393 g/mol. The summed E-state index contributed by atoms with van der Waals surface area (Å²) in [5.74, 6) is 0. The molecule has 2 aromatic rings. The summed E-state index contributed by atoms with van der Waals surface area (Å²) >= 11 is 0. The molecule has 1 aliphatic carbocycles. The zero-order valence-electron chi connectivity index (χ0n) is 17.9. The minimum atomic E-state index is 0.662. The minimum absolute atomic E-state index is 0.662. The molecule has 0 bridgehead atoms. The summed E-state index contributed by atoms with van der Waals surface area (Å²) < 4.78 is 0. The lowest BCUT2D eigenvalue weighted by Crippen LogP contribution is -2.50. The third-order valence-electron chi connectivity index (χ3n) is 6.66. The number of nitrogen functional groups attached to an aromatic ring is 1. The molecule has 2 N–H and O–H groups in total. The summed E-state index contributed by atoms with van der Waals surface area (Å²) in [6.07, 6.45) is 4.85. The van der Waals surface area contributed by atoms with Gasteiger partial charge >= 0.3 is 0 Å². The predicted octanol–water partition coefficient (Wildman–Crippen LogP) is 3.66. The van der Waals surface area contributed by atoms with Crippen LogP contribution in [0.25, 0.3) is 0 Å². The van der Waals surface area contributed by atoms with E-state index in [-0.39, 0.29) is 0 Å². The highest BCUT2D eigenvalue weighted by Gasteiger charge is 2.25. The summed E-state index contributed by atoms with van der Waals surface area (Å²) in [5, 5.41) is 0. The second-order valence-electron chi connectivity index (χ2n) is 8.62. The largest absolute Gasteiger partial charge is 0.399 e. The van der Waals surface area contributed by atoms with Crippen LogP contribution in [0, 0.1) is 0 Å². The van der Waals surface area contributed by atoms with Crippen molar-refractivity contribution in [2.75, 3.05) is 56.4 Å². The van der Waals surface area contributed by atoms with Crippen molar-refractivity contribution in [3.63, 3.8) is 0 Å². The fourth-order valence-corrected chi connectivity index (χ4v) is 4.97. The lowest BCUT2D eigenvalue weighted by atomic mass is 9.87. The lowest BCUT2D eigenvalue weighted by Gasteiger charge is -2.39. The van der Waals surface area contributed by atoms with Gasteiger partial charge in [0.05, 0.1) is 0 Å². The van der Waals surface area contributed by atoms with Gasteiger partial charge in [-0.2, -0.15) is 0 Å². The number of nitrogens with zero attached hydrogens (tertiary/aromatic N) is 3. The van der Waals surface area contributed by atoms with Crippen molar-refractivity contribution >= 4 is 11.4 Å². The van der Waals surface area contributed by atoms with E-state index in [1.54, 1.807) is 0 Å². The van der Waals surface area contributed by atoms with Crippen molar-refractivity contribution < 1.29 is 0 Å². The minimum Gasteiger partial charge on any atom is -0.399 e. The van der Waals surface area contributed by atoms with Gasteiger partial charge in [0, 0.05) is 56.7 Å². The molecule has 0 radical (unpaired) electrons. The highest BCUT2D eigenvalue weighted by atomic mass is 15.3. The van der Waals surface area contributed by atoms with Gasteiger partial charge in [-0.15, -0.1) is 0 Å². The maximum absolute atomic E-state index is 6.05. The number of piperazine rings is 1. The first kappa shape index (κ1) is 20.2. The number of anilines is 2. The summed E-state index contributed by atoms with van der Waals surface area (Å²) in [6.45, 7) is 10.5. The van der Waals surface area contributed by atoms with Gasteiger partial charge in [-0.05, 0) is 67.6 Å². The molecule has 4 rings (SSSR count). The standard InChI is InChI=1S/C25H36N4/c1-2-12-28(25-11-9-21-8-10-23(26)19-22(21)20-25)16-13-27-14-17-29(18-15-27)24-6-4-3-5-7-24/h3-8,10,19,25H,2,9,11-18,20,26H2,1H3/t25-/m0/s1. The second kappa shape index (κ2) is 9.64. The third kappa shape index (κ3) is 5.12. The van der Waals surface area contributed by atoms with Gasteiger partial charge in [0.25, 0.3) is 0 Å². The molecule has 4 heteroatoms. The first-order chi connectivity index (χ1) is 14.2. The number of aryl methyl sites for hydroxylation is 1. The van der Waals surface area contributed by atoms with Gasteiger partial charge in [-0.1, -0.05) is 31.2 Å². The zero-order valence-corrected chi connectivity index (χ0v) is 17.9. The van der Waals surface area contributed by atoms with Crippen LogP contribution in [-0.4, -0.2) is 61.7 Å². The predicted molar refractivity (Wildman–Crippen MR) is 124 cm³/mol. The molecular formula is C25H36N4. The van der Waals surface area contributed by atoms with Crippen LogP contribution >= 0.6 is 0 Å². The Hall–Kier alpha value is -2.04. The molecule has 4 nitrogen and oxygen atoms in total. The van der Waals surface area contributed by atoms with Gasteiger partial charge in [0.2, 0.25) is 0 Å². The van der Waals surface area contributed by atoms with Gasteiger partial charge in [0.15, 0.2) is 0 Å². The normalized spacial score (nSPS) is 20.1. The summed E-state index contributed by atoms with van der Waals surface area (Å²) in [5.41, 5.74) is 11.3. The maximum Gasteiger partial charge on any atom is 0.0367 e. The van der Waals surface area contributed by atoms with Gasteiger partial charge in [-0.25, -0.2) is 0 Å². The fourth-order valence-electron chi connectivity index (χ4n) is 4.97. The van der Waals surface area contributed by atoms with Gasteiger partial charge in [-0.3, -0.25) is 9.80 Å². The number of para-hydroxylation sites is 1. The molecule has 2 aliphatic rings. The quantitative estimate of drug-likeness (QED) is 0.730. The summed E-state index contributed by atoms with van der Waals surface area (Å²) in [7, 11) is 0. The molecule has 1 saturated heterocycles. The van der Waals surface area contributed by atoms with Crippen molar-refractivity contribution in [2.24, 2.45) is 0 Å². The van der Waals surface area contributed by atoms with E-state index in [0.29, 0.717) is 6.04 Å². The molecule has 1 atom stereocenters. The van der Waals surface area contributed by atoms with Crippen LogP contribution in [0.5, 0.6) is 0 Å². The molecule has 0 aromatic heterocycles. The zero-order chi connectivity index (χ0) is 20.1. The number of hydrogen-bond acceptors (Lipinski definition) is 4. The highest BCUT2D eigenvalue weighted by molar-refractivity contribution is 5.47. The Morgan fingerprint density at radius 1 is 0.966 bits per heavy atom. The van der Waals surface area contributed by atoms with Gasteiger partial charge in [0.1, 0.15) is 0 Å². The van der Waals surface area contributed by atoms with Crippen LogP contribution in [0.2, 0.25) is 0 Å². The van der Waals surface area contributed by atoms with Crippen LogP contribution in [0.1, 0.15) is 30.9 Å². The molecule has 29 heavy (non-hydrogen) atoms. The van der Waals surface area contributed by atoms with E-state index >= 15 is 0 Å². The van der Waals surface area contributed by atoms with E-state index < -0.39 is 0 Å². The monoisotopic (exact) mass is 392 g/mol. The third-order valence-corrected chi connectivity index (χ3v) is 6.66. The average Bonchev–Trinajstić information content (AvgIpc) is 2.77. The van der Waals surface area contributed by atoms with Gasteiger partial charge < -0.3 is 10.6 Å².